The Labute approximate surface area is 119 Å². The van der Waals surface area contributed by atoms with Crippen molar-refractivity contribution in [2.24, 2.45) is 0 Å². The maximum absolute atomic E-state index is 12.4. The first-order valence-corrected chi connectivity index (χ1v) is 7.61. The normalized spacial score (nSPS) is 12.1. The summed E-state index contributed by atoms with van der Waals surface area (Å²) in [7, 11) is -0.177. The van der Waals surface area contributed by atoms with Crippen molar-refractivity contribution in [3.8, 4) is 0 Å². The molecule has 0 aromatic heterocycles. The first-order chi connectivity index (χ1) is 9.23. The van der Waals surface area contributed by atoms with Crippen LogP contribution in [-0.2, 0) is 14.8 Å². The zero-order valence-electron chi connectivity index (χ0n) is 11.9. The maximum atomic E-state index is 12.4. The average molecular weight is 300 g/mol. The average Bonchev–Trinajstić information content (AvgIpc) is 2.34. The highest BCUT2D eigenvalue weighted by molar-refractivity contribution is 7.89. The summed E-state index contributed by atoms with van der Waals surface area (Å²) in [5.74, 6) is -1.17. The van der Waals surface area contributed by atoms with Gasteiger partial charge in [0, 0.05) is 13.1 Å². The van der Waals surface area contributed by atoms with Gasteiger partial charge in [-0.1, -0.05) is 17.7 Å². The lowest BCUT2D eigenvalue weighted by Gasteiger charge is -2.22. The van der Waals surface area contributed by atoms with E-state index < -0.39 is 22.5 Å². The van der Waals surface area contributed by atoms with Crippen LogP contribution >= 0.6 is 0 Å². The van der Waals surface area contributed by atoms with E-state index in [9.17, 15) is 13.2 Å². The second-order valence-electron chi connectivity index (χ2n) is 4.85. The lowest BCUT2D eigenvalue weighted by molar-refractivity contribution is -0.137. The molecule has 0 bridgehead atoms. The van der Waals surface area contributed by atoms with Crippen molar-refractivity contribution in [3.63, 3.8) is 0 Å². The van der Waals surface area contributed by atoms with Gasteiger partial charge in [0.1, 0.15) is 6.54 Å². The summed E-state index contributed by atoms with van der Waals surface area (Å²) in [6.45, 7) is 1.91. The maximum Gasteiger partial charge on any atom is 0.318 e. The summed E-state index contributed by atoms with van der Waals surface area (Å²) in [5.41, 5.74) is 0.946. The number of carboxylic acids is 1. The third-order valence-electron chi connectivity index (χ3n) is 2.77. The van der Waals surface area contributed by atoms with Gasteiger partial charge in [0.25, 0.3) is 0 Å². The molecule has 0 heterocycles. The van der Waals surface area contributed by atoms with E-state index in [1.807, 2.05) is 6.92 Å². The molecule has 0 aliphatic heterocycles. The van der Waals surface area contributed by atoms with Crippen LogP contribution in [0.3, 0.4) is 0 Å². The molecule has 0 amide bonds. The molecule has 0 spiro atoms. The van der Waals surface area contributed by atoms with Crippen LogP contribution in [0.5, 0.6) is 0 Å². The quantitative estimate of drug-likeness (QED) is 0.799. The molecule has 1 aromatic carbocycles. The zero-order valence-corrected chi connectivity index (χ0v) is 12.7. The summed E-state index contributed by atoms with van der Waals surface area (Å²) < 4.78 is 25.9. The van der Waals surface area contributed by atoms with Gasteiger partial charge in [-0.2, -0.15) is 4.31 Å². The van der Waals surface area contributed by atoms with Gasteiger partial charge in [-0.25, -0.2) is 8.42 Å². The molecule has 20 heavy (non-hydrogen) atoms. The minimum absolute atomic E-state index is 0.114. The van der Waals surface area contributed by atoms with Crippen molar-refractivity contribution in [2.45, 2.75) is 11.8 Å². The van der Waals surface area contributed by atoms with E-state index in [-0.39, 0.29) is 11.4 Å². The van der Waals surface area contributed by atoms with Gasteiger partial charge < -0.3 is 10.0 Å². The molecule has 1 rings (SSSR count). The number of likely N-dealkylation sites (N-methyl/N-ethyl adjacent to an activating group) is 1. The largest absolute Gasteiger partial charge is 0.480 e. The standard InChI is InChI=1S/C13H20N2O4S/c1-11-4-6-12(7-5-11)20(18,19)15(10-13(16)17)9-8-14(2)3/h4-7H,8-10H2,1-3H3,(H,16,17). The van der Waals surface area contributed by atoms with E-state index in [1.54, 1.807) is 31.1 Å². The fourth-order valence-electron chi connectivity index (χ4n) is 1.61. The molecule has 112 valence electrons. The van der Waals surface area contributed by atoms with Crippen LogP contribution < -0.4 is 0 Å². The van der Waals surface area contributed by atoms with Gasteiger partial charge in [-0.3, -0.25) is 4.79 Å². The van der Waals surface area contributed by atoms with Gasteiger partial charge in [0.2, 0.25) is 10.0 Å². The first-order valence-electron chi connectivity index (χ1n) is 6.17. The third kappa shape index (κ3) is 4.59. The summed E-state index contributed by atoms with van der Waals surface area (Å²) in [6, 6.07) is 6.37. The van der Waals surface area contributed by atoms with Crippen LogP contribution in [0.25, 0.3) is 0 Å². The lowest BCUT2D eigenvalue weighted by atomic mass is 10.2. The Balaban J connectivity index is 3.03. The van der Waals surface area contributed by atoms with Crippen molar-refractivity contribution in [1.82, 2.24) is 9.21 Å². The highest BCUT2D eigenvalue weighted by Crippen LogP contribution is 2.16. The molecule has 0 radical (unpaired) electrons. The molecular weight excluding hydrogens is 280 g/mol. The number of aliphatic carboxylic acids is 1. The Bertz CT molecular complexity index is 552. The Hall–Kier alpha value is -1.44. The first kappa shape index (κ1) is 16.6. The van der Waals surface area contributed by atoms with Crippen LogP contribution in [0.4, 0.5) is 0 Å². The Morgan fingerprint density at radius 1 is 1.15 bits per heavy atom. The van der Waals surface area contributed by atoms with Crippen LogP contribution in [0.15, 0.2) is 29.2 Å². The number of rotatable bonds is 7. The summed E-state index contributed by atoms with van der Waals surface area (Å²) in [6.07, 6.45) is 0. The second-order valence-corrected chi connectivity index (χ2v) is 6.79. The Morgan fingerprint density at radius 2 is 1.70 bits per heavy atom. The zero-order chi connectivity index (χ0) is 15.3. The Morgan fingerprint density at radius 3 is 2.15 bits per heavy atom. The molecule has 0 unspecified atom stereocenters. The molecule has 1 N–H and O–H groups in total. The van der Waals surface area contributed by atoms with E-state index in [0.717, 1.165) is 9.87 Å². The third-order valence-corrected chi connectivity index (χ3v) is 4.63. The highest BCUT2D eigenvalue weighted by atomic mass is 32.2. The van der Waals surface area contributed by atoms with Crippen molar-refractivity contribution in [2.75, 3.05) is 33.7 Å². The smallest absolute Gasteiger partial charge is 0.318 e. The molecule has 0 aliphatic carbocycles. The van der Waals surface area contributed by atoms with Gasteiger partial charge in [0.15, 0.2) is 0 Å². The molecular formula is C13H20N2O4S. The molecule has 0 atom stereocenters. The topological polar surface area (TPSA) is 77.9 Å². The van der Waals surface area contributed by atoms with Crippen molar-refractivity contribution in [1.29, 1.82) is 0 Å². The number of hydrogen-bond acceptors (Lipinski definition) is 4. The predicted octanol–water partition coefficient (Wildman–Crippen LogP) is 0.632. The number of benzene rings is 1. The fraction of sp³-hybridized carbons (Fsp3) is 0.462. The number of hydrogen-bond donors (Lipinski definition) is 1. The van der Waals surface area contributed by atoms with Gasteiger partial charge >= 0.3 is 5.97 Å². The van der Waals surface area contributed by atoms with E-state index in [1.165, 1.54) is 12.1 Å². The molecule has 7 heteroatoms. The van der Waals surface area contributed by atoms with Crippen LogP contribution in [-0.4, -0.2) is 62.4 Å². The summed E-state index contributed by atoms with van der Waals surface area (Å²) in [4.78, 5) is 12.8. The van der Waals surface area contributed by atoms with Gasteiger partial charge in [-0.15, -0.1) is 0 Å². The van der Waals surface area contributed by atoms with E-state index in [2.05, 4.69) is 0 Å². The van der Waals surface area contributed by atoms with Crippen molar-refractivity contribution < 1.29 is 18.3 Å². The summed E-state index contributed by atoms with van der Waals surface area (Å²) in [5, 5.41) is 8.88. The molecule has 1 aromatic rings. The SMILES string of the molecule is Cc1ccc(S(=O)(=O)N(CCN(C)C)CC(=O)O)cc1. The number of nitrogens with zero attached hydrogens (tertiary/aromatic N) is 2. The Kier molecular flexibility index (Phi) is 5.67. The van der Waals surface area contributed by atoms with E-state index >= 15 is 0 Å². The van der Waals surface area contributed by atoms with Crippen LogP contribution in [0.1, 0.15) is 5.56 Å². The van der Waals surface area contributed by atoms with Gasteiger partial charge in [0.05, 0.1) is 4.90 Å². The lowest BCUT2D eigenvalue weighted by Crippen LogP contribution is -2.39. The minimum atomic E-state index is -3.78. The molecule has 0 saturated carbocycles. The van der Waals surface area contributed by atoms with Crippen LogP contribution in [0.2, 0.25) is 0 Å². The number of aryl methyl sites for hydroxylation is 1. The minimum Gasteiger partial charge on any atom is -0.480 e. The second kappa shape index (κ2) is 6.83. The monoisotopic (exact) mass is 300 g/mol. The van der Waals surface area contributed by atoms with Gasteiger partial charge in [-0.05, 0) is 33.2 Å². The molecule has 0 fully saturated rings. The highest BCUT2D eigenvalue weighted by Gasteiger charge is 2.26. The fourth-order valence-corrected chi connectivity index (χ4v) is 2.99. The van der Waals surface area contributed by atoms with E-state index in [0.29, 0.717) is 6.54 Å². The predicted molar refractivity (Wildman–Crippen MR) is 76.1 cm³/mol. The number of carboxylic acid groups (broad SMARTS) is 1. The number of sulfonamides is 1. The summed E-state index contributed by atoms with van der Waals surface area (Å²) >= 11 is 0. The van der Waals surface area contributed by atoms with Crippen LogP contribution in [0, 0.1) is 6.92 Å². The number of carbonyl (C=O) groups is 1. The molecule has 0 saturated heterocycles. The van der Waals surface area contributed by atoms with Crippen molar-refractivity contribution in [3.05, 3.63) is 29.8 Å². The molecule has 6 nitrogen and oxygen atoms in total. The van der Waals surface area contributed by atoms with Crippen molar-refractivity contribution >= 4 is 16.0 Å². The van der Waals surface area contributed by atoms with E-state index in [4.69, 9.17) is 5.11 Å². The molecule has 0 aliphatic rings.